The minimum Gasteiger partial charge on any atom is -0.497 e. The monoisotopic (exact) mass is 1450 g/mol. The van der Waals surface area contributed by atoms with Gasteiger partial charge in [-0.1, -0.05) is 61.8 Å². The van der Waals surface area contributed by atoms with Crippen LogP contribution in [0.3, 0.4) is 0 Å². The summed E-state index contributed by atoms with van der Waals surface area (Å²) in [5.74, 6) is 7.16. The molecule has 7 heterocycles. The van der Waals surface area contributed by atoms with Gasteiger partial charge in [0.25, 0.3) is 30.1 Å². The fourth-order valence-electron chi connectivity index (χ4n) is 12.1. The van der Waals surface area contributed by atoms with E-state index >= 15 is 0 Å². The van der Waals surface area contributed by atoms with Crippen molar-refractivity contribution in [2.75, 3.05) is 42.0 Å². The second-order valence-electron chi connectivity index (χ2n) is 24.1. The summed E-state index contributed by atoms with van der Waals surface area (Å²) in [5, 5.41) is 15.3. The van der Waals surface area contributed by atoms with Gasteiger partial charge in [0.1, 0.15) is 23.6 Å². The molecule has 0 spiro atoms. The van der Waals surface area contributed by atoms with Gasteiger partial charge in [-0.3, -0.25) is 73.3 Å². The van der Waals surface area contributed by atoms with Crippen LogP contribution in [-0.2, 0) is 56.2 Å². The maximum absolute atomic E-state index is 13.1. The Labute approximate surface area is 573 Å². The number of nitrogens with zero attached hydrogens (tertiary/aromatic N) is 5. The molecule has 0 bridgehead atoms. The molecular weight excluding hydrogens is 1380 g/mol. The van der Waals surface area contributed by atoms with Gasteiger partial charge in [0, 0.05) is 93.6 Å². The smallest absolute Gasteiger partial charge is 0.323 e. The number of methoxy groups -OCH3 is 2. The SMILES string of the molecule is C#C[C@]1(CN2Cc3ccc(OC)cc3C2=O)NC(=O)NC1=O.COc1ccc2c(c1)C(=O)N(C[C@@]1(C#Cc3ccc(N4C(=O)CCC4C(=O)NC4CC4)cc3)NC(=O)NC1=O)C2.O=C(NC1CC1)C1CCC(=O)N1c1ccc(Br)cc1.O=COC1CCC(=O)N1c1ccc(Br)cc1. The van der Waals surface area contributed by atoms with Gasteiger partial charge in [-0.2, -0.15) is 0 Å². The topological polar surface area (TPSA) is 321 Å². The van der Waals surface area contributed by atoms with Crippen LogP contribution in [0, 0.1) is 24.2 Å². The van der Waals surface area contributed by atoms with Gasteiger partial charge in [0.15, 0.2) is 11.8 Å². The molecule has 26 nitrogen and oxygen atoms in total. The standard InChI is InChI=1S/C29H27N5O6.C15H13N3O4.C14H15BrN2O2.C11H10BrNO3/c1-40-21-9-4-18-15-33(26(37)22(18)14-21)16-29(27(38)31-28(39)32-29)13-12-17-2-7-20(8-3-17)34-23(10-11-24(34)35)25(36)30-19-5-6-19;1-3-15(13(20)16-14(21)17-15)8-18-7-9-4-5-10(22-2)6-11(9)12(18)19;15-9-1-5-11(6-2-9)17-12(7-8-13(17)18)14(19)16-10-3-4-10;12-8-1-3-9(4-2-8)13-10(15)5-6-11(13)16-7-14/h2-4,7-9,14,19,23H,5-6,10-11,15-16H2,1H3,(H,30,36)(H2,31,32,38,39);1,4-6H,7-8H2,2H3,(H2,16,17,20,21);1-2,5-6,10,12H,3-4,7-8H2,(H,16,19);1-4,7,11H,5-6H2/t23?,29-;15-;;/m11../s1. The molecule has 28 heteroatoms. The zero-order valence-corrected chi connectivity index (χ0v) is 55.6. The van der Waals surface area contributed by atoms with E-state index in [1.54, 1.807) is 65.6 Å². The Morgan fingerprint density at radius 3 is 1.39 bits per heavy atom. The average molecular weight is 1450 g/mol. The molecule has 5 saturated heterocycles. The van der Waals surface area contributed by atoms with Crippen molar-refractivity contribution in [3.63, 3.8) is 0 Å². The summed E-state index contributed by atoms with van der Waals surface area (Å²) in [6.45, 7) is 0.737. The number of rotatable bonds is 15. The maximum atomic E-state index is 13.1. The second kappa shape index (κ2) is 28.8. The van der Waals surface area contributed by atoms with Crippen LogP contribution in [0.15, 0.2) is 118 Å². The number of anilines is 3. The fourth-order valence-corrected chi connectivity index (χ4v) is 12.6. The van der Waals surface area contributed by atoms with Crippen molar-refractivity contribution in [1.29, 1.82) is 0 Å². The number of terminal acetylenes is 1. The van der Waals surface area contributed by atoms with Crippen LogP contribution < -0.4 is 56.1 Å². The first-order valence-corrected chi connectivity index (χ1v) is 32.7. The van der Waals surface area contributed by atoms with Crippen LogP contribution in [0.1, 0.15) is 102 Å². The molecule has 2 saturated carbocycles. The summed E-state index contributed by atoms with van der Waals surface area (Å²) in [6.07, 6.45) is 11.8. The molecule has 500 valence electrons. The van der Waals surface area contributed by atoms with E-state index < -0.39 is 47.2 Å². The van der Waals surface area contributed by atoms with Crippen LogP contribution in [0.25, 0.3) is 0 Å². The lowest BCUT2D eigenvalue weighted by atomic mass is 9.99. The first-order chi connectivity index (χ1) is 46.6. The zero-order chi connectivity index (χ0) is 68.9. The third kappa shape index (κ3) is 15.1. The molecule has 5 aromatic rings. The van der Waals surface area contributed by atoms with Gasteiger partial charge in [-0.25, -0.2) is 9.59 Å². The number of nitrogens with one attached hydrogen (secondary N) is 6. The quantitative estimate of drug-likeness (QED) is 0.0445. The van der Waals surface area contributed by atoms with Gasteiger partial charge in [-0.05, 0) is 147 Å². The van der Waals surface area contributed by atoms with Gasteiger partial charge >= 0.3 is 12.1 Å². The lowest BCUT2D eigenvalue weighted by Gasteiger charge is -2.26. The van der Waals surface area contributed by atoms with E-state index in [2.05, 4.69) is 81.5 Å². The highest BCUT2D eigenvalue weighted by atomic mass is 79.9. The Bertz CT molecular complexity index is 4150. The Morgan fingerprint density at radius 1 is 0.567 bits per heavy atom. The van der Waals surface area contributed by atoms with E-state index in [1.165, 1.54) is 33.8 Å². The fraction of sp³-hybridized carbons (Fsp3) is 0.333. The lowest BCUT2D eigenvalue weighted by Crippen LogP contribution is -2.54. The number of halogens is 2. The van der Waals surface area contributed by atoms with Crippen molar-refractivity contribution in [2.45, 2.75) is 119 Å². The van der Waals surface area contributed by atoms with Crippen LogP contribution in [-0.4, -0.2) is 150 Å². The average Bonchev–Trinajstić information content (AvgIpc) is 1.66. The highest BCUT2D eigenvalue weighted by molar-refractivity contribution is 9.10. The predicted octanol–water partition coefficient (Wildman–Crippen LogP) is 5.22. The molecule has 5 aromatic carbocycles. The minimum atomic E-state index is -1.64. The molecule has 14 rings (SSSR count). The Hall–Kier alpha value is -10.6. The summed E-state index contributed by atoms with van der Waals surface area (Å²) in [6, 6.07) is 30.3. The number of carbonyl (C=O) groups is 12. The number of fused-ring (bicyclic) bond motifs is 2. The van der Waals surface area contributed by atoms with Gasteiger partial charge in [-0.15, -0.1) is 6.42 Å². The maximum Gasteiger partial charge on any atom is 0.323 e. The van der Waals surface area contributed by atoms with Crippen molar-refractivity contribution < 1.29 is 71.7 Å². The van der Waals surface area contributed by atoms with Crippen molar-refractivity contribution in [1.82, 2.24) is 41.7 Å². The number of ether oxygens (including phenoxy) is 3. The van der Waals surface area contributed by atoms with Crippen LogP contribution in [0.4, 0.5) is 26.7 Å². The molecule has 5 atom stereocenters. The number of hydrogen-bond donors (Lipinski definition) is 6. The number of imide groups is 2. The van der Waals surface area contributed by atoms with E-state index in [-0.39, 0.29) is 73.1 Å². The van der Waals surface area contributed by atoms with Crippen molar-refractivity contribution in [3.05, 3.63) is 146 Å². The normalized spacial score (nSPS) is 22.6. The van der Waals surface area contributed by atoms with E-state index in [0.717, 1.165) is 57.1 Å². The zero-order valence-electron chi connectivity index (χ0n) is 52.4. The van der Waals surface area contributed by atoms with Crippen LogP contribution >= 0.6 is 31.9 Å². The van der Waals surface area contributed by atoms with E-state index in [4.69, 9.17) is 20.6 Å². The molecule has 7 fully saturated rings. The van der Waals surface area contributed by atoms with E-state index in [9.17, 15) is 57.5 Å². The summed E-state index contributed by atoms with van der Waals surface area (Å²) in [5.41, 5.74) is 2.08. The molecule has 6 N–H and O–H groups in total. The molecule has 9 aliphatic rings. The van der Waals surface area contributed by atoms with Crippen molar-refractivity contribution >= 4 is 121 Å². The molecule has 97 heavy (non-hydrogen) atoms. The largest absolute Gasteiger partial charge is 0.497 e. The van der Waals surface area contributed by atoms with Gasteiger partial charge in [0.05, 0.1) is 27.3 Å². The minimum absolute atomic E-state index is 0.0173. The number of benzene rings is 5. The van der Waals surface area contributed by atoms with Gasteiger partial charge in [0.2, 0.25) is 35.1 Å². The number of carbonyl (C=O) groups excluding carboxylic acids is 12. The summed E-state index contributed by atoms with van der Waals surface area (Å²) >= 11 is 6.70. The Morgan fingerprint density at radius 2 is 0.979 bits per heavy atom. The highest BCUT2D eigenvalue weighted by Crippen LogP contribution is 2.34. The first kappa shape index (κ1) is 67.8. The number of amides is 13. The molecule has 7 aliphatic heterocycles. The van der Waals surface area contributed by atoms with Crippen LogP contribution in [0.2, 0.25) is 0 Å². The Balaban J connectivity index is 0.000000142. The molecule has 3 unspecified atom stereocenters. The second-order valence-corrected chi connectivity index (χ2v) is 25.9. The third-order valence-corrected chi connectivity index (χ3v) is 18.5. The number of urea groups is 2. The lowest BCUT2D eigenvalue weighted by molar-refractivity contribution is -0.133. The van der Waals surface area contributed by atoms with Crippen molar-refractivity contribution in [3.8, 4) is 35.7 Å². The molecule has 0 aromatic heterocycles. The predicted molar refractivity (Wildman–Crippen MR) is 356 cm³/mol. The summed E-state index contributed by atoms with van der Waals surface area (Å²) < 4.78 is 17.1. The molecular formula is C69H65Br2N11O15. The highest BCUT2D eigenvalue weighted by Gasteiger charge is 2.50. The van der Waals surface area contributed by atoms with Gasteiger partial charge < -0.3 is 45.3 Å². The third-order valence-electron chi connectivity index (χ3n) is 17.4. The van der Waals surface area contributed by atoms with Crippen molar-refractivity contribution in [2.24, 2.45) is 0 Å². The Kier molecular flexibility index (Phi) is 20.1. The summed E-state index contributed by atoms with van der Waals surface area (Å²) in [4.78, 5) is 153. The molecule has 13 amide bonds. The van der Waals surface area contributed by atoms with E-state index in [0.29, 0.717) is 91.5 Å². The van der Waals surface area contributed by atoms with Crippen LogP contribution in [0.5, 0.6) is 11.5 Å². The molecule has 0 radical (unpaired) electrons. The summed E-state index contributed by atoms with van der Waals surface area (Å²) in [7, 11) is 3.03. The first-order valence-electron chi connectivity index (χ1n) is 31.1. The number of hydrogen-bond acceptors (Lipinski definition) is 15. The molecule has 2 aliphatic carbocycles. The van der Waals surface area contributed by atoms with E-state index in [1.807, 2.05) is 48.5 Å².